The zero-order valence-corrected chi connectivity index (χ0v) is 21.4. The van der Waals surface area contributed by atoms with Crippen molar-refractivity contribution in [3.63, 3.8) is 0 Å². The molecular weight excluding hydrogens is 494 g/mol. The Hall–Kier alpha value is -4.29. The molecule has 1 saturated heterocycles. The number of methoxy groups -OCH3 is 1. The highest BCUT2D eigenvalue weighted by molar-refractivity contribution is 7.12. The molecule has 3 aliphatic rings. The molecule has 5 nitrogen and oxygen atoms in total. The van der Waals surface area contributed by atoms with Crippen molar-refractivity contribution in [2.24, 2.45) is 5.41 Å². The monoisotopic (exact) mass is 517 g/mol. The van der Waals surface area contributed by atoms with E-state index in [1.165, 1.54) is 11.3 Å². The second-order valence-electron chi connectivity index (χ2n) is 9.88. The van der Waals surface area contributed by atoms with Crippen molar-refractivity contribution in [1.82, 2.24) is 0 Å². The number of para-hydroxylation sites is 1. The van der Waals surface area contributed by atoms with Crippen LogP contribution in [0.2, 0.25) is 0 Å². The Balaban J connectivity index is 1.56. The topological polar surface area (TPSA) is 63.7 Å². The van der Waals surface area contributed by atoms with Crippen LogP contribution in [0, 0.1) is 5.41 Å². The molecule has 3 atom stereocenters. The van der Waals surface area contributed by atoms with Crippen molar-refractivity contribution >= 4 is 40.4 Å². The predicted octanol–water partition coefficient (Wildman–Crippen LogP) is 6.07. The van der Waals surface area contributed by atoms with Crippen LogP contribution in [-0.4, -0.2) is 36.5 Å². The van der Waals surface area contributed by atoms with Gasteiger partial charge in [-0.3, -0.25) is 14.4 Å². The van der Waals surface area contributed by atoms with Crippen LogP contribution < -0.4 is 9.64 Å². The van der Waals surface area contributed by atoms with Crippen LogP contribution in [-0.2, 0) is 0 Å². The molecule has 0 amide bonds. The Labute approximate surface area is 224 Å². The highest BCUT2D eigenvalue weighted by Gasteiger charge is 2.71. The number of hydrogen-bond acceptors (Lipinski definition) is 6. The highest BCUT2D eigenvalue weighted by atomic mass is 32.1. The number of benzene rings is 3. The van der Waals surface area contributed by atoms with E-state index in [-0.39, 0.29) is 17.3 Å². The lowest BCUT2D eigenvalue weighted by Crippen LogP contribution is -2.48. The fraction of sp³-hybridized carbons (Fsp3) is 0.156. The van der Waals surface area contributed by atoms with Crippen LogP contribution in [0.4, 0.5) is 5.69 Å². The number of ketones is 3. The first-order chi connectivity index (χ1) is 18.6. The van der Waals surface area contributed by atoms with Crippen LogP contribution >= 0.6 is 11.3 Å². The second-order valence-corrected chi connectivity index (χ2v) is 10.8. The van der Waals surface area contributed by atoms with Crippen molar-refractivity contribution in [3.05, 3.63) is 124 Å². The van der Waals surface area contributed by atoms with E-state index in [4.69, 9.17) is 4.74 Å². The minimum Gasteiger partial charge on any atom is -0.497 e. The SMILES string of the molecule is COc1cccc([C@H]2[C@H](C(=O)c3cccs3)N3c4ccccc4C=C[C@H]3C23C(=O)c2ccccc2C3=O)c1. The van der Waals surface area contributed by atoms with Gasteiger partial charge in [0.15, 0.2) is 17.3 Å². The number of fused-ring (bicyclic) bond motifs is 5. The zero-order chi connectivity index (χ0) is 26.0. The van der Waals surface area contributed by atoms with Gasteiger partial charge in [-0.15, -0.1) is 11.3 Å². The van der Waals surface area contributed by atoms with Crippen LogP contribution in [0.5, 0.6) is 5.75 Å². The molecule has 0 saturated carbocycles. The minimum atomic E-state index is -1.50. The molecule has 186 valence electrons. The van der Waals surface area contributed by atoms with Crippen molar-refractivity contribution in [2.75, 3.05) is 12.0 Å². The quantitative estimate of drug-likeness (QED) is 0.243. The average molecular weight is 518 g/mol. The summed E-state index contributed by atoms with van der Waals surface area (Å²) in [4.78, 5) is 46.2. The van der Waals surface area contributed by atoms with Crippen molar-refractivity contribution < 1.29 is 19.1 Å². The number of ether oxygens (including phenoxy) is 1. The summed E-state index contributed by atoms with van der Waals surface area (Å²) in [6.45, 7) is 0. The first-order valence-corrected chi connectivity index (χ1v) is 13.4. The molecule has 0 unspecified atom stereocenters. The average Bonchev–Trinajstić information content (AvgIpc) is 3.66. The molecule has 1 fully saturated rings. The Bertz CT molecular complexity index is 1620. The van der Waals surface area contributed by atoms with Gasteiger partial charge in [-0.1, -0.05) is 72.8 Å². The van der Waals surface area contributed by atoms with Crippen molar-refractivity contribution in [3.8, 4) is 5.75 Å². The molecule has 1 aliphatic carbocycles. The number of thiophene rings is 1. The molecule has 1 aromatic heterocycles. The number of nitrogens with zero attached hydrogens (tertiary/aromatic N) is 1. The molecule has 3 aromatic carbocycles. The summed E-state index contributed by atoms with van der Waals surface area (Å²) in [6, 6.07) is 24.6. The maximum Gasteiger partial charge on any atom is 0.195 e. The number of hydrogen-bond donors (Lipinski definition) is 0. The largest absolute Gasteiger partial charge is 0.497 e. The van der Waals surface area contributed by atoms with Crippen LogP contribution in [0.3, 0.4) is 0 Å². The summed E-state index contributed by atoms with van der Waals surface area (Å²) in [5, 5.41) is 1.88. The standard InChI is InChI=1S/C32H23NO4S/c1-37-21-10-6-9-20(18-21)27-28(29(34)25-14-7-17-38-25)33-24-13-5-2-8-19(24)15-16-26(33)32(27)30(35)22-11-3-4-12-23(22)31(32)36/h2-18,26-28H,1H3/t26-,27-,28+/m0/s1. The van der Waals surface area contributed by atoms with Gasteiger partial charge < -0.3 is 9.64 Å². The zero-order valence-electron chi connectivity index (χ0n) is 20.5. The van der Waals surface area contributed by atoms with E-state index in [2.05, 4.69) is 0 Å². The molecule has 0 radical (unpaired) electrons. The van der Waals surface area contributed by atoms with E-state index < -0.39 is 23.4 Å². The molecule has 0 bridgehead atoms. The molecule has 1 spiro atoms. The third kappa shape index (κ3) is 2.89. The Morgan fingerprint density at radius 2 is 1.63 bits per heavy atom. The summed E-state index contributed by atoms with van der Waals surface area (Å²) >= 11 is 1.37. The van der Waals surface area contributed by atoms with E-state index >= 15 is 0 Å². The van der Waals surface area contributed by atoms with Gasteiger partial charge in [0.2, 0.25) is 0 Å². The number of Topliss-reactive ketones (excluding diaryl/α,β-unsaturated/α-hetero) is 3. The second kappa shape index (κ2) is 8.36. The first-order valence-electron chi connectivity index (χ1n) is 12.5. The summed E-state index contributed by atoms with van der Waals surface area (Å²) in [7, 11) is 1.59. The number of carbonyl (C=O) groups excluding carboxylic acids is 3. The number of rotatable bonds is 4. The van der Waals surface area contributed by atoms with Gasteiger partial charge in [0.05, 0.1) is 18.0 Å². The Morgan fingerprint density at radius 1 is 0.895 bits per heavy atom. The van der Waals surface area contributed by atoms with Crippen molar-refractivity contribution in [1.29, 1.82) is 0 Å². The maximum absolute atomic E-state index is 14.6. The van der Waals surface area contributed by atoms with Crippen LogP contribution in [0.25, 0.3) is 6.08 Å². The third-order valence-corrected chi connectivity index (χ3v) is 9.08. The molecule has 2 aliphatic heterocycles. The summed E-state index contributed by atoms with van der Waals surface area (Å²) in [6.07, 6.45) is 3.92. The van der Waals surface area contributed by atoms with Gasteiger partial charge >= 0.3 is 0 Å². The lowest BCUT2D eigenvalue weighted by atomic mass is 9.64. The lowest BCUT2D eigenvalue weighted by Gasteiger charge is -2.37. The van der Waals surface area contributed by atoms with Gasteiger partial charge in [-0.05, 0) is 40.8 Å². The highest BCUT2D eigenvalue weighted by Crippen LogP contribution is 2.61. The summed E-state index contributed by atoms with van der Waals surface area (Å²) < 4.78 is 5.54. The van der Waals surface area contributed by atoms with Gasteiger partial charge in [-0.25, -0.2) is 0 Å². The molecule has 3 heterocycles. The van der Waals surface area contributed by atoms with Gasteiger partial charge in [0, 0.05) is 22.7 Å². The van der Waals surface area contributed by atoms with Gasteiger partial charge in [0.25, 0.3) is 0 Å². The van der Waals surface area contributed by atoms with E-state index in [0.29, 0.717) is 21.8 Å². The third-order valence-electron chi connectivity index (χ3n) is 8.20. The normalized spacial score (nSPS) is 22.3. The Kier molecular flexibility index (Phi) is 5.03. The van der Waals surface area contributed by atoms with Gasteiger partial charge in [-0.2, -0.15) is 0 Å². The predicted molar refractivity (Wildman–Crippen MR) is 147 cm³/mol. The number of anilines is 1. The van der Waals surface area contributed by atoms with E-state index in [1.54, 1.807) is 31.4 Å². The maximum atomic E-state index is 14.6. The summed E-state index contributed by atoms with van der Waals surface area (Å²) in [5.41, 5.74) is 1.86. The summed E-state index contributed by atoms with van der Waals surface area (Å²) in [5.74, 6) is -0.689. The lowest BCUT2D eigenvalue weighted by molar-refractivity contribution is 0.0666. The molecular formula is C32H23NO4S. The minimum absolute atomic E-state index is 0.101. The smallest absolute Gasteiger partial charge is 0.195 e. The van der Waals surface area contributed by atoms with Crippen LogP contribution in [0.1, 0.15) is 47.4 Å². The first kappa shape index (κ1) is 22.9. The molecule has 38 heavy (non-hydrogen) atoms. The molecule has 6 heteroatoms. The fourth-order valence-electron chi connectivity index (χ4n) is 6.69. The van der Waals surface area contributed by atoms with Crippen molar-refractivity contribution in [2.45, 2.75) is 18.0 Å². The van der Waals surface area contributed by atoms with Crippen LogP contribution in [0.15, 0.2) is 96.4 Å². The fourth-order valence-corrected chi connectivity index (χ4v) is 7.39. The van der Waals surface area contributed by atoms with E-state index in [0.717, 1.165) is 16.8 Å². The molecule has 4 aromatic rings. The Morgan fingerprint density at radius 3 is 2.34 bits per heavy atom. The molecule has 7 rings (SSSR count). The number of carbonyl (C=O) groups is 3. The van der Waals surface area contributed by atoms with E-state index in [9.17, 15) is 14.4 Å². The molecule has 0 N–H and O–H groups in total. The van der Waals surface area contributed by atoms with Gasteiger partial charge in [0.1, 0.15) is 17.2 Å². The van der Waals surface area contributed by atoms with E-state index in [1.807, 2.05) is 83.1 Å².